The molecule has 0 heterocycles. The van der Waals surface area contributed by atoms with E-state index in [0.717, 1.165) is 14.7 Å². The number of benzene rings is 3. The lowest BCUT2D eigenvalue weighted by atomic mass is 10.3. The first-order chi connectivity index (χ1) is 14.1. The summed E-state index contributed by atoms with van der Waals surface area (Å²) in [7, 11) is -4.05. The summed E-state index contributed by atoms with van der Waals surface area (Å²) in [5, 5.41) is 0. The molecule has 4 nitrogen and oxygen atoms in total. The molecule has 0 radical (unpaired) electrons. The fraction of sp³-hybridized carbons (Fsp3) is 0.143. The first-order valence-electron chi connectivity index (χ1n) is 8.66. The van der Waals surface area contributed by atoms with Gasteiger partial charge in [-0.2, -0.15) is 4.57 Å². The van der Waals surface area contributed by atoms with Gasteiger partial charge in [0.05, 0.1) is 0 Å². The Bertz CT molecular complexity index is 885. The molecule has 0 amide bonds. The molecule has 0 atom stereocenters. The average Bonchev–Trinajstić information content (AvgIpc) is 2.74. The Labute approximate surface area is 184 Å². The standard InChI is InChI=1S/C21H21O4PS3/c1-27-19-13-7-4-10-16(19)23-26(22,24-17-11-5-8-14-20(17)28-2)25-18-12-6-9-15-21(18)29-3/h4-15H,1-3H3. The number of phosphoric ester groups is 1. The second-order valence-electron chi connectivity index (χ2n) is 5.67. The number of thioether (sulfide) groups is 3. The Morgan fingerprint density at radius 2 is 0.828 bits per heavy atom. The van der Waals surface area contributed by atoms with Gasteiger partial charge in [0.1, 0.15) is 17.2 Å². The van der Waals surface area contributed by atoms with Crippen LogP contribution in [0, 0.1) is 0 Å². The van der Waals surface area contributed by atoms with Gasteiger partial charge in [0, 0.05) is 14.7 Å². The summed E-state index contributed by atoms with van der Waals surface area (Å²) in [6.45, 7) is 0. The SMILES string of the molecule is CSc1ccccc1OP(=O)(Oc1ccccc1SC)Oc1ccccc1SC. The molecule has 0 aromatic heterocycles. The molecular weight excluding hydrogens is 443 g/mol. The van der Waals surface area contributed by atoms with Crippen molar-refractivity contribution in [1.29, 1.82) is 0 Å². The molecule has 0 saturated heterocycles. The maximum Gasteiger partial charge on any atom is 0.647 e. The van der Waals surface area contributed by atoms with Crippen molar-refractivity contribution in [2.24, 2.45) is 0 Å². The van der Waals surface area contributed by atoms with E-state index in [-0.39, 0.29) is 0 Å². The zero-order chi connectivity index (χ0) is 20.7. The first kappa shape index (κ1) is 22.0. The van der Waals surface area contributed by atoms with Crippen LogP contribution in [-0.2, 0) is 4.57 Å². The van der Waals surface area contributed by atoms with E-state index >= 15 is 0 Å². The highest BCUT2D eigenvalue weighted by molar-refractivity contribution is 7.99. The largest absolute Gasteiger partial charge is 0.647 e. The molecular formula is C21H21O4PS3. The maximum absolute atomic E-state index is 13.8. The lowest BCUT2D eigenvalue weighted by Crippen LogP contribution is -2.09. The minimum Gasteiger partial charge on any atom is -0.385 e. The smallest absolute Gasteiger partial charge is 0.385 e. The van der Waals surface area contributed by atoms with E-state index in [1.54, 1.807) is 18.2 Å². The van der Waals surface area contributed by atoms with Crippen molar-refractivity contribution in [3.8, 4) is 17.2 Å². The van der Waals surface area contributed by atoms with E-state index < -0.39 is 7.82 Å². The van der Waals surface area contributed by atoms with Crippen LogP contribution in [0.1, 0.15) is 0 Å². The van der Waals surface area contributed by atoms with Crippen LogP contribution in [-0.4, -0.2) is 18.8 Å². The third kappa shape index (κ3) is 5.70. The van der Waals surface area contributed by atoms with E-state index in [4.69, 9.17) is 13.6 Å². The van der Waals surface area contributed by atoms with Crippen LogP contribution in [0.15, 0.2) is 87.5 Å². The zero-order valence-corrected chi connectivity index (χ0v) is 19.6. The van der Waals surface area contributed by atoms with Crippen molar-refractivity contribution in [3.63, 3.8) is 0 Å². The Morgan fingerprint density at radius 1 is 0.552 bits per heavy atom. The highest BCUT2D eigenvalue weighted by Gasteiger charge is 2.35. The third-order valence-electron chi connectivity index (χ3n) is 3.84. The predicted molar refractivity (Wildman–Crippen MR) is 124 cm³/mol. The second kappa shape index (κ2) is 10.4. The summed E-state index contributed by atoms with van der Waals surface area (Å²) in [6.07, 6.45) is 5.79. The Kier molecular flexibility index (Phi) is 7.90. The molecule has 0 unspecified atom stereocenters. The molecule has 0 N–H and O–H groups in total. The molecule has 0 bridgehead atoms. The van der Waals surface area contributed by atoms with Crippen LogP contribution < -0.4 is 13.6 Å². The highest BCUT2D eigenvalue weighted by atomic mass is 32.2. The van der Waals surface area contributed by atoms with Crippen molar-refractivity contribution in [3.05, 3.63) is 72.8 Å². The van der Waals surface area contributed by atoms with Crippen LogP contribution in [0.4, 0.5) is 0 Å². The fourth-order valence-corrected chi connectivity index (χ4v) is 5.57. The molecule has 0 aliphatic heterocycles. The van der Waals surface area contributed by atoms with Gasteiger partial charge in [-0.15, -0.1) is 35.3 Å². The normalized spacial score (nSPS) is 11.1. The zero-order valence-electron chi connectivity index (χ0n) is 16.2. The van der Waals surface area contributed by atoms with Gasteiger partial charge in [-0.1, -0.05) is 36.4 Å². The molecule has 152 valence electrons. The Morgan fingerprint density at radius 3 is 1.10 bits per heavy atom. The first-order valence-corrected chi connectivity index (χ1v) is 13.8. The second-order valence-corrected chi connectivity index (χ2v) is 9.66. The minimum atomic E-state index is -4.05. The van der Waals surface area contributed by atoms with Crippen LogP contribution in [0.2, 0.25) is 0 Å². The van der Waals surface area contributed by atoms with Crippen molar-refractivity contribution in [2.75, 3.05) is 18.8 Å². The van der Waals surface area contributed by atoms with Crippen molar-refractivity contribution < 1.29 is 18.1 Å². The number of phosphoric acid groups is 1. The van der Waals surface area contributed by atoms with Crippen molar-refractivity contribution in [2.45, 2.75) is 14.7 Å². The summed E-state index contributed by atoms with van der Waals surface area (Å²) < 4.78 is 31.5. The number of para-hydroxylation sites is 3. The van der Waals surface area contributed by atoms with Gasteiger partial charge in [-0.05, 0) is 55.2 Å². The Balaban J connectivity index is 2.01. The summed E-state index contributed by atoms with van der Waals surface area (Å²) >= 11 is 4.50. The number of rotatable bonds is 9. The summed E-state index contributed by atoms with van der Waals surface area (Å²) in [5.41, 5.74) is 0. The van der Waals surface area contributed by atoms with Crippen LogP contribution in [0.25, 0.3) is 0 Å². The topological polar surface area (TPSA) is 44.8 Å². The number of hydrogen-bond donors (Lipinski definition) is 0. The highest BCUT2D eigenvalue weighted by Crippen LogP contribution is 2.53. The van der Waals surface area contributed by atoms with Crippen LogP contribution in [0.3, 0.4) is 0 Å². The van der Waals surface area contributed by atoms with Crippen LogP contribution in [0.5, 0.6) is 17.2 Å². The molecule has 0 saturated carbocycles. The predicted octanol–water partition coefficient (Wildman–Crippen LogP) is 7.50. The van der Waals surface area contributed by atoms with Gasteiger partial charge < -0.3 is 13.6 Å². The summed E-state index contributed by atoms with van der Waals surface area (Å²) in [5.74, 6) is 1.35. The quantitative estimate of drug-likeness (QED) is 0.240. The lowest BCUT2D eigenvalue weighted by molar-refractivity contribution is 0.292. The molecule has 8 heteroatoms. The van der Waals surface area contributed by atoms with E-state index in [2.05, 4.69) is 0 Å². The van der Waals surface area contributed by atoms with Crippen molar-refractivity contribution >= 4 is 43.1 Å². The van der Waals surface area contributed by atoms with Crippen LogP contribution >= 0.6 is 43.1 Å². The van der Waals surface area contributed by atoms with E-state index in [1.807, 2.05) is 73.4 Å². The van der Waals surface area contributed by atoms with Gasteiger partial charge in [0.25, 0.3) is 0 Å². The minimum absolute atomic E-state index is 0.451. The summed E-state index contributed by atoms with van der Waals surface area (Å²) in [4.78, 5) is 2.53. The van der Waals surface area contributed by atoms with E-state index in [9.17, 15) is 4.57 Å². The maximum atomic E-state index is 13.8. The van der Waals surface area contributed by atoms with E-state index in [1.165, 1.54) is 35.3 Å². The van der Waals surface area contributed by atoms with Gasteiger partial charge in [0.2, 0.25) is 0 Å². The van der Waals surface area contributed by atoms with Gasteiger partial charge in [-0.25, -0.2) is 0 Å². The van der Waals surface area contributed by atoms with Gasteiger partial charge in [-0.3, -0.25) is 0 Å². The number of hydrogen-bond acceptors (Lipinski definition) is 7. The average molecular weight is 465 g/mol. The molecule has 0 spiro atoms. The van der Waals surface area contributed by atoms with Crippen molar-refractivity contribution in [1.82, 2.24) is 0 Å². The van der Waals surface area contributed by atoms with Gasteiger partial charge in [0.15, 0.2) is 0 Å². The van der Waals surface area contributed by atoms with E-state index in [0.29, 0.717) is 17.2 Å². The summed E-state index contributed by atoms with van der Waals surface area (Å²) in [6, 6.07) is 22.1. The Hall–Kier alpha value is -1.66. The molecule has 3 aromatic carbocycles. The lowest BCUT2D eigenvalue weighted by Gasteiger charge is -2.22. The molecule has 0 aliphatic rings. The fourth-order valence-electron chi connectivity index (χ4n) is 2.50. The molecule has 0 fully saturated rings. The molecule has 0 aliphatic carbocycles. The molecule has 29 heavy (non-hydrogen) atoms. The molecule has 3 rings (SSSR count). The monoisotopic (exact) mass is 464 g/mol. The third-order valence-corrected chi connectivity index (χ3v) is 7.43. The molecule has 3 aromatic rings. The van der Waals surface area contributed by atoms with Gasteiger partial charge >= 0.3 is 7.82 Å².